The van der Waals surface area contributed by atoms with Crippen LogP contribution in [0.3, 0.4) is 0 Å². The Labute approximate surface area is 355 Å². The molecule has 9 aromatic carbocycles. The molecule has 0 aliphatic carbocycles. The molecule has 0 fully saturated rings. The molecule has 60 heavy (non-hydrogen) atoms. The Hall–Kier alpha value is -6.59. The Balaban J connectivity index is 1.01. The molecular weight excluding hydrogens is 762 g/mol. The largest absolute Gasteiger partial charge is 0.310 e. The van der Waals surface area contributed by atoms with Gasteiger partial charge in [-0.3, -0.25) is 0 Å². The summed E-state index contributed by atoms with van der Waals surface area (Å²) in [7, 11) is 0. The molecule has 6 heterocycles. The smallest absolute Gasteiger partial charge is 0.249 e. The lowest BCUT2D eigenvalue weighted by molar-refractivity contribution is 1.16. The third-order valence-corrected chi connectivity index (χ3v) is 16.2. The molecule has 6 heteroatoms. The summed E-state index contributed by atoms with van der Waals surface area (Å²) in [5.74, 6) is 0. The first kappa shape index (κ1) is 32.3. The highest BCUT2D eigenvalue weighted by molar-refractivity contribution is 8.00. The van der Waals surface area contributed by atoms with E-state index in [0.29, 0.717) is 0 Å². The van der Waals surface area contributed by atoms with Crippen molar-refractivity contribution in [3.63, 3.8) is 0 Å². The van der Waals surface area contributed by atoms with Crippen molar-refractivity contribution in [3.8, 4) is 33.6 Å². The molecule has 0 amide bonds. The van der Waals surface area contributed by atoms with Crippen LogP contribution in [0.15, 0.2) is 202 Å². The van der Waals surface area contributed by atoms with Crippen LogP contribution in [-0.2, 0) is 0 Å². The van der Waals surface area contributed by atoms with Crippen LogP contribution < -0.4 is 32.8 Å². The molecule has 11 aromatic rings. The van der Waals surface area contributed by atoms with Crippen LogP contribution in [0.2, 0.25) is 0 Å². The number of aromatic nitrogens is 2. The Morgan fingerprint density at radius 1 is 0.317 bits per heavy atom. The minimum atomic E-state index is 0.157. The first-order valence-corrected chi connectivity index (χ1v) is 22.5. The monoisotopic (exact) mass is 792 g/mol. The molecule has 0 saturated carbocycles. The Kier molecular flexibility index (Phi) is 6.23. The van der Waals surface area contributed by atoms with Gasteiger partial charge in [-0.1, -0.05) is 168 Å². The average Bonchev–Trinajstić information content (AvgIpc) is 3.81. The summed E-state index contributed by atoms with van der Waals surface area (Å²) in [4.78, 5) is 5.41. The van der Waals surface area contributed by atoms with Crippen LogP contribution in [0.25, 0.3) is 77.2 Å². The van der Waals surface area contributed by atoms with E-state index in [2.05, 4.69) is 191 Å². The zero-order valence-electron chi connectivity index (χ0n) is 32.2. The maximum Gasteiger partial charge on any atom is 0.249 e. The molecule has 4 aliphatic heterocycles. The predicted molar refractivity (Wildman–Crippen MR) is 256 cm³/mol. The van der Waals surface area contributed by atoms with Crippen LogP contribution in [0.5, 0.6) is 0 Å². The summed E-state index contributed by atoms with van der Waals surface area (Å²) in [6.07, 6.45) is 0. The molecule has 0 radical (unpaired) electrons. The van der Waals surface area contributed by atoms with Gasteiger partial charge in [-0.2, -0.15) is 0 Å². The first-order chi connectivity index (χ1) is 29.8. The van der Waals surface area contributed by atoms with Crippen molar-refractivity contribution in [2.75, 3.05) is 0 Å². The molecule has 4 aliphatic rings. The van der Waals surface area contributed by atoms with Crippen LogP contribution in [0.1, 0.15) is 0 Å². The Morgan fingerprint density at radius 2 is 0.783 bits per heavy atom. The van der Waals surface area contributed by atoms with E-state index in [9.17, 15) is 0 Å². The number of hydrogen-bond donors (Lipinski definition) is 0. The topological polar surface area (TPSA) is 9.86 Å². The van der Waals surface area contributed by atoms with Gasteiger partial charge < -0.3 is 9.13 Å². The van der Waals surface area contributed by atoms with Gasteiger partial charge >= 0.3 is 0 Å². The van der Waals surface area contributed by atoms with E-state index in [0.717, 1.165) is 0 Å². The third kappa shape index (κ3) is 4.06. The van der Waals surface area contributed by atoms with E-state index in [1.807, 2.05) is 23.5 Å². The van der Waals surface area contributed by atoms with E-state index in [-0.39, 0.29) is 13.4 Å². The van der Waals surface area contributed by atoms with Crippen molar-refractivity contribution in [2.24, 2.45) is 0 Å². The van der Waals surface area contributed by atoms with Gasteiger partial charge in [0.05, 0.1) is 11.0 Å². The van der Waals surface area contributed by atoms with Gasteiger partial charge in [0.1, 0.15) is 0 Å². The van der Waals surface area contributed by atoms with Gasteiger partial charge in [0.25, 0.3) is 0 Å². The fraction of sp³-hybridized carbons (Fsp3) is 0. The SMILES string of the molecule is c1ccc(-c2ccc3c(c2)B2c4c(cccc4-n4c5cc6c(cc5c5cccc2c54)c2cccc4c2n6-c2cccc5c2B4c2cc(-c4ccccc4)ccc2S5)S3)cc1. The number of hydrogen-bond acceptors (Lipinski definition) is 2. The molecule has 0 bridgehead atoms. The molecule has 0 spiro atoms. The summed E-state index contributed by atoms with van der Waals surface area (Å²) in [6.45, 7) is 0.314. The van der Waals surface area contributed by atoms with Crippen LogP contribution in [0, 0.1) is 0 Å². The second kappa shape index (κ2) is 11.6. The van der Waals surface area contributed by atoms with Crippen molar-refractivity contribution >= 4 is 113 Å². The maximum absolute atomic E-state index is 2.61. The zero-order chi connectivity index (χ0) is 38.8. The fourth-order valence-corrected chi connectivity index (χ4v) is 13.7. The molecule has 2 nitrogen and oxygen atoms in total. The van der Waals surface area contributed by atoms with E-state index in [1.165, 1.54) is 130 Å². The molecule has 274 valence electrons. The van der Waals surface area contributed by atoms with Crippen LogP contribution in [0.4, 0.5) is 0 Å². The summed E-state index contributed by atoms with van der Waals surface area (Å²) >= 11 is 3.85. The number of nitrogens with zero attached hydrogens (tertiary/aromatic N) is 2. The summed E-state index contributed by atoms with van der Waals surface area (Å²) in [6, 6.07) is 69.0. The van der Waals surface area contributed by atoms with E-state index in [1.54, 1.807) is 0 Å². The van der Waals surface area contributed by atoms with Gasteiger partial charge in [-0.05, 0) is 92.6 Å². The van der Waals surface area contributed by atoms with Crippen molar-refractivity contribution in [1.82, 2.24) is 9.13 Å². The van der Waals surface area contributed by atoms with Crippen molar-refractivity contribution < 1.29 is 0 Å². The van der Waals surface area contributed by atoms with Gasteiger partial charge in [0, 0.05) is 63.5 Å². The number of para-hydroxylation sites is 2. The minimum Gasteiger partial charge on any atom is -0.310 e. The Bertz CT molecular complexity index is 3490. The molecule has 15 rings (SSSR count). The highest BCUT2D eigenvalue weighted by Crippen LogP contribution is 2.44. The lowest BCUT2D eigenvalue weighted by atomic mass is 9.35. The highest BCUT2D eigenvalue weighted by Gasteiger charge is 2.42. The minimum absolute atomic E-state index is 0.157. The average molecular weight is 793 g/mol. The molecule has 0 N–H and O–H groups in total. The van der Waals surface area contributed by atoms with E-state index >= 15 is 0 Å². The molecule has 2 aromatic heterocycles. The van der Waals surface area contributed by atoms with Gasteiger partial charge in [-0.15, -0.1) is 0 Å². The summed E-state index contributed by atoms with van der Waals surface area (Å²) < 4.78 is 5.22. The van der Waals surface area contributed by atoms with Gasteiger partial charge in [0.2, 0.25) is 13.4 Å². The summed E-state index contributed by atoms with van der Waals surface area (Å²) in [5, 5.41) is 5.27. The number of benzene rings is 9. The van der Waals surface area contributed by atoms with E-state index in [4.69, 9.17) is 0 Å². The molecule has 0 saturated heterocycles. The molecule has 0 atom stereocenters. The number of fused-ring (bicyclic) bond motifs is 14. The van der Waals surface area contributed by atoms with Crippen molar-refractivity contribution in [2.45, 2.75) is 19.6 Å². The fourth-order valence-electron chi connectivity index (χ4n) is 11.4. The van der Waals surface area contributed by atoms with Gasteiger partial charge in [-0.25, -0.2) is 0 Å². The second-order valence-electron chi connectivity index (χ2n) is 16.7. The normalized spacial score (nSPS) is 13.8. The highest BCUT2D eigenvalue weighted by atomic mass is 32.2. The number of rotatable bonds is 2. The van der Waals surface area contributed by atoms with Crippen LogP contribution >= 0.6 is 23.5 Å². The molecule has 0 unspecified atom stereocenters. The molecular formula is C54H30B2N2S2. The summed E-state index contributed by atoms with van der Waals surface area (Å²) in [5.41, 5.74) is 21.3. The lowest BCUT2D eigenvalue weighted by Gasteiger charge is -2.33. The van der Waals surface area contributed by atoms with Crippen molar-refractivity contribution in [1.29, 1.82) is 0 Å². The Morgan fingerprint density at radius 3 is 1.27 bits per heavy atom. The third-order valence-electron chi connectivity index (χ3n) is 13.8. The quantitative estimate of drug-likeness (QED) is 0.162. The standard InChI is InChI=1S/C54H30B2N2S2/c1-3-11-31(12-4-1)33-23-25-47-41(27-33)55-39-17-7-15-35-37-29-38-36-16-8-18-40-54(36)58(46(38)30-45(37)57(53(35)39)43-19-9-21-49(59-47)51(43)55)44-20-10-22-50-52(44)56(40)42-28-34(24-26-48(42)60-50)32-13-5-2-6-14-32/h1-30H. The lowest BCUT2D eigenvalue weighted by Crippen LogP contribution is -2.58. The zero-order valence-corrected chi connectivity index (χ0v) is 33.8. The van der Waals surface area contributed by atoms with Gasteiger partial charge in [0.15, 0.2) is 0 Å². The van der Waals surface area contributed by atoms with Crippen molar-refractivity contribution in [3.05, 3.63) is 182 Å². The van der Waals surface area contributed by atoms with E-state index < -0.39 is 0 Å². The maximum atomic E-state index is 2.61. The predicted octanol–water partition coefficient (Wildman–Crippen LogP) is 9.80. The first-order valence-electron chi connectivity index (χ1n) is 20.8. The van der Waals surface area contributed by atoms with Crippen LogP contribution in [-0.4, -0.2) is 22.6 Å². The second-order valence-corrected chi connectivity index (χ2v) is 18.9.